The Kier molecular flexibility index (Phi) is 5.99. The van der Waals surface area contributed by atoms with Crippen molar-refractivity contribution >= 4 is 11.6 Å². The summed E-state index contributed by atoms with van der Waals surface area (Å²) in [5.74, 6) is 6.17. The van der Waals surface area contributed by atoms with Crippen LogP contribution in [-0.2, 0) is 4.79 Å². The minimum atomic E-state index is 0.0458. The van der Waals surface area contributed by atoms with Crippen molar-refractivity contribution in [3.8, 4) is 11.8 Å². The van der Waals surface area contributed by atoms with Gasteiger partial charge in [-0.15, -0.1) is 0 Å². The van der Waals surface area contributed by atoms with Gasteiger partial charge in [0.15, 0.2) is 0 Å². The average Bonchev–Trinajstić information content (AvgIpc) is 2.38. The lowest BCUT2D eigenvalue weighted by Gasteiger charge is -2.26. The number of carbonyl (C=O) groups excluding carboxylic acids is 1. The van der Waals surface area contributed by atoms with E-state index in [0.717, 1.165) is 16.8 Å². The minimum Gasteiger partial charge on any atom is -0.326 e. The molecule has 3 heteroatoms. The Morgan fingerprint density at radius 3 is 2.62 bits per heavy atom. The van der Waals surface area contributed by atoms with Gasteiger partial charge in [-0.2, -0.15) is 0 Å². The van der Waals surface area contributed by atoms with Gasteiger partial charge in [-0.3, -0.25) is 4.79 Å². The van der Waals surface area contributed by atoms with Gasteiger partial charge in [0.1, 0.15) is 0 Å². The summed E-state index contributed by atoms with van der Waals surface area (Å²) in [6, 6.07) is 5.80. The van der Waals surface area contributed by atoms with Gasteiger partial charge < -0.3 is 11.1 Å². The summed E-state index contributed by atoms with van der Waals surface area (Å²) in [4.78, 5) is 12.2. The first-order chi connectivity index (χ1) is 9.74. The van der Waals surface area contributed by atoms with Gasteiger partial charge in [0.05, 0.1) is 6.54 Å². The first-order valence-corrected chi connectivity index (χ1v) is 7.33. The number of carbonyl (C=O) groups is 1. The number of amides is 1. The average molecular weight is 286 g/mol. The third-order valence-electron chi connectivity index (χ3n) is 3.82. The van der Waals surface area contributed by atoms with Crippen LogP contribution in [0.15, 0.2) is 18.2 Å². The smallest absolute Gasteiger partial charge is 0.224 e. The SMILES string of the molecule is Cc1ccc(C#CCN)cc1NC(=O)CC(C)C(C)(C)C. The van der Waals surface area contributed by atoms with Crippen molar-refractivity contribution in [2.24, 2.45) is 17.1 Å². The van der Waals surface area contributed by atoms with Gasteiger partial charge in [-0.1, -0.05) is 45.6 Å². The maximum Gasteiger partial charge on any atom is 0.224 e. The summed E-state index contributed by atoms with van der Waals surface area (Å²) >= 11 is 0. The molecule has 1 atom stereocenters. The molecule has 3 nitrogen and oxygen atoms in total. The van der Waals surface area contributed by atoms with Crippen molar-refractivity contribution in [3.05, 3.63) is 29.3 Å². The molecule has 0 aliphatic rings. The van der Waals surface area contributed by atoms with E-state index in [0.29, 0.717) is 18.9 Å². The maximum atomic E-state index is 12.2. The lowest BCUT2D eigenvalue weighted by molar-refractivity contribution is -0.117. The zero-order valence-corrected chi connectivity index (χ0v) is 13.7. The molecule has 0 aliphatic heterocycles. The van der Waals surface area contributed by atoms with E-state index in [2.05, 4.69) is 44.9 Å². The normalized spacial score (nSPS) is 12.3. The van der Waals surface area contributed by atoms with Crippen LogP contribution in [0.2, 0.25) is 0 Å². The van der Waals surface area contributed by atoms with Crippen LogP contribution in [0.1, 0.15) is 45.2 Å². The first kappa shape index (κ1) is 17.3. The van der Waals surface area contributed by atoms with Crippen molar-refractivity contribution in [2.45, 2.75) is 41.0 Å². The number of hydrogen-bond donors (Lipinski definition) is 2. The number of aryl methyl sites for hydroxylation is 1. The van der Waals surface area contributed by atoms with Gasteiger partial charge in [0, 0.05) is 17.7 Å². The molecule has 21 heavy (non-hydrogen) atoms. The highest BCUT2D eigenvalue weighted by Gasteiger charge is 2.22. The van der Waals surface area contributed by atoms with Crippen LogP contribution in [0.4, 0.5) is 5.69 Å². The first-order valence-electron chi connectivity index (χ1n) is 7.33. The molecule has 0 heterocycles. The minimum absolute atomic E-state index is 0.0458. The monoisotopic (exact) mass is 286 g/mol. The third kappa shape index (κ3) is 5.61. The van der Waals surface area contributed by atoms with E-state index in [9.17, 15) is 4.79 Å². The van der Waals surface area contributed by atoms with Gasteiger partial charge in [0.2, 0.25) is 5.91 Å². The Hall–Kier alpha value is -1.79. The number of nitrogens with one attached hydrogen (secondary N) is 1. The highest BCUT2D eigenvalue weighted by Crippen LogP contribution is 2.28. The number of rotatable bonds is 3. The Morgan fingerprint density at radius 1 is 1.38 bits per heavy atom. The van der Waals surface area contributed by atoms with E-state index in [4.69, 9.17) is 5.73 Å². The molecule has 0 aliphatic carbocycles. The van der Waals surface area contributed by atoms with Crippen molar-refractivity contribution in [1.82, 2.24) is 0 Å². The van der Waals surface area contributed by atoms with E-state index in [1.807, 2.05) is 25.1 Å². The molecule has 0 aromatic heterocycles. The molecule has 0 fully saturated rings. The summed E-state index contributed by atoms with van der Waals surface area (Å²) < 4.78 is 0. The number of benzene rings is 1. The van der Waals surface area contributed by atoms with Crippen LogP contribution >= 0.6 is 0 Å². The molecule has 1 aromatic carbocycles. The lowest BCUT2D eigenvalue weighted by atomic mass is 9.80. The topological polar surface area (TPSA) is 55.1 Å². The summed E-state index contributed by atoms with van der Waals surface area (Å²) in [5, 5.41) is 2.99. The van der Waals surface area contributed by atoms with Gasteiger partial charge in [0.25, 0.3) is 0 Å². The van der Waals surface area contributed by atoms with Crippen LogP contribution in [0, 0.1) is 30.1 Å². The quantitative estimate of drug-likeness (QED) is 0.838. The van der Waals surface area contributed by atoms with E-state index < -0.39 is 0 Å². The summed E-state index contributed by atoms with van der Waals surface area (Å²) in [5.41, 5.74) is 8.23. The Morgan fingerprint density at radius 2 is 2.05 bits per heavy atom. The standard InChI is InChI=1S/C18H26N2O/c1-13-8-9-15(7-6-10-19)12-16(13)20-17(21)11-14(2)18(3,4)5/h8-9,12,14H,10-11,19H2,1-5H3,(H,20,21). The van der Waals surface area contributed by atoms with Crippen molar-refractivity contribution in [2.75, 3.05) is 11.9 Å². The maximum absolute atomic E-state index is 12.2. The Bertz CT molecular complexity index is 559. The third-order valence-corrected chi connectivity index (χ3v) is 3.82. The highest BCUT2D eigenvalue weighted by molar-refractivity contribution is 5.91. The molecule has 0 bridgehead atoms. The van der Waals surface area contributed by atoms with Gasteiger partial charge in [-0.05, 0) is 36.0 Å². The fourth-order valence-corrected chi connectivity index (χ4v) is 1.77. The Labute approximate surface area is 128 Å². The molecule has 0 spiro atoms. The number of hydrogen-bond acceptors (Lipinski definition) is 2. The summed E-state index contributed by atoms with van der Waals surface area (Å²) in [6.07, 6.45) is 0.516. The molecule has 1 rings (SSSR count). The van der Waals surface area contributed by atoms with E-state index in [1.165, 1.54) is 0 Å². The lowest BCUT2D eigenvalue weighted by Crippen LogP contribution is -2.24. The van der Waals surface area contributed by atoms with Crippen LogP contribution in [0.3, 0.4) is 0 Å². The van der Waals surface area contributed by atoms with Crippen LogP contribution in [0.25, 0.3) is 0 Å². The summed E-state index contributed by atoms with van der Waals surface area (Å²) in [7, 11) is 0. The van der Waals surface area contributed by atoms with Crippen LogP contribution < -0.4 is 11.1 Å². The second-order valence-electron chi connectivity index (χ2n) is 6.55. The predicted octanol–water partition coefficient (Wildman–Crippen LogP) is 3.32. The van der Waals surface area contributed by atoms with Crippen LogP contribution in [0.5, 0.6) is 0 Å². The van der Waals surface area contributed by atoms with Gasteiger partial charge >= 0.3 is 0 Å². The molecule has 114 valence electrons. The highest BCUT2D eigenvalue weighted by atomic mass is 16.1. The molecular formula is C18H26N2O. The van der Waals surface area contributed by atoms with Crippen molar-refractivity contribution in [3.63, 3.8) is 0 Å². The van der Waals surface area contributed by atoms with E-state index in [-0.39, 0.29) is 11.3 Å². The largest absolute Gasteiger partial charge is 0.326 e. The molecule has 0 saturated heterocycles. The van der Waals surface area contributed by atoms with E-state index >= 15 is 0 Å². The molecule has 0 saturated carbocycles. The molecular weight excluding hydrogens is 260 g/mol. The number of nitrogens with two attached hydrogens (primary N) is 1. The zero-order valence-electron chi connectivity index (χ0n) is 13.7. The van der Waals surface area contributed by atoms with Gasteiger partial charge in [-0.25, -0.2) is 0 Å². The predicted molar refractivity (Wildman–Crippen MR) is 89.0 cm³/mol. The molecule has 3 N–H and O–H groups in total. The fraction of sp³-hybridized carbons (Fsp3) is 0.500. The van der Waals surface area contributed by atoms with Crippen LogP contribution in [-0.4, -0.2) is 12.5 Å². The molecule has 1 unspecified atom stereocenters. The van der Waals surface area contributed by atoms with Crippen molar-refractivity contribution in [1.29, 1.82) is 0 Å². The summed E-state index contributed by atoms with van der Waals surface area (Å²) in [6.45, 7) is 10.9. The molecule has 1 aromatic rings. The zero-order chi connectivity index (χ0) is 16.0. The number of anilines is 1. The molecule has 1 amide bonds. The van der Waals surface area contributed by atoms with E-state index in [1.54, 1.807) is 0 Å². The Balaban J connectivity index is 2.80. The molecule has 0 radical (unpaired) electrons. The van der Waals surface area contributed by atoms with Crippen molar-refractivity contribution < 1.29 is 4.79 Å². The second-order valence-corrected chi connectivity index (χ2v) is 6.55. The second kappa shape index (κ2) is 7.28. The fourth-order valence-electron chi connectivity index (χ4n) is 1.77.